The summed E-state index contributed by atoms with van der Waals surface area (Å²) in [5.74, 6) is 0.0733. The van der Waals surface area contributed by atoms with E-state index in [1.165, 1.54) is 4.90 Å². The van der Waals surface area contributed by atoms with Crippen molar-refractivity contribution in [3.05, 3.63) is 53.6 Å². The predicted molar refractivity (Wildman–Crippen MR) is 118 cm³/mol. The SMILES string of the molecule is CSc1ccc(CC(=O)N(CC2CCCO2)c2nc3c(C)cccc3s2)cc1. The van der Waals surface area contributed by atoms with Crippen LogP contribution in [0.2, 0.25) is 0 Å². The number of aromatic nitrogens is 1. The number of ether oxygens (including phenoxy) is 1. The van der Waals surface area contributed by atoms with Gasteiger partial charge >= 0.3 is 0 Å². The smallest absolute Gasteiger partial charge is 0.233 e. The minimum atomic E-state index is 0.0733. The quantitative estimate of drug-likeness (QED) is 0.530. The van der Waals surface area contributed by atoms with Crippen LogP contribution in [0.5, 0.6) is 0 Å². The normalized spacial score (nSPS) is 16.6. The lowest BCUT2D eigenvalue weighted by Crippen LogP contribution is -2.38. The summed E-state index contributed by atoms with van der Waals surface area (Å²) < 4.78 is 6.93. The third-order valence-electron chi connectivity index (χ3n) is 5.07. The number of amides is 1. The van der Waals surface area contributed by atoms with E-state index >= 15 is 0 Å². The molecule has 0 aliphatic carbocycles. The maximum atomic E-state index is 13.2. The molecule has 6 heteroatoms. The Morgan fingerprint density at radius 3 is 2.79 bits per heavy atom. The zero-order valence-electron chi connectivity index (χ0n) is 16.2. The van der Waals surface area contributed by atoms with Crippen LogP contribution >= 0.6 is 23.1 Å². The van der Waals surface area contributed by atoms with Crippen LogP contribution in [-0.4, -0.2) is 36.4 Å². The summed E-state index contributed by atoms with van der Waals surface area (Å²) in [6.45, 7) is 3.41. The number of nitrogens with zero attached hydrogens (tertiary/aromatic N) is 2. The summed E-state index contributed by atoms with van der Waals surface area (Å²) in [5, 5.41) is 0.769. The van der Waals surface area contributed by atoms with Gasteiger partial charge in [0.2, 0.25) is 5.91 Å². The van der Waals surface area contributed by atoms with Gasteiger partial charge in [0.05, 0.1) is 29.3 Å². The molecule has 0 radical (unpaired) electrons. The van der Waals surface area contributed by atoms with E-state index in [4.69, 9.17) is 9.72 Å². The van der Waals surface area contributed by atoms with Crippen molar-refractivity contribution in [1.82, 2.24) is 4.98 Å². The molecule has 1 aliphatic rings. The first-order valence-electron chi connectivity index (χ1n) is 9.55. The van der Waals surface area contributed by atoms with Crippen molar-refractivity contribution in [3.63, 3.8) is 0 Å². The fourth-order valence-corrected chi connectivity index (χ4v) is 4.96. The Morgan fingerprint density at radius 1 is 1.29 bits per heavy atom. The zero-order valence-corrected chi connectivity index (χ0v) is 17.8. The van der Waals surface area contributed by atoms with Crippen molar-refractivity contribution in [2.45, 2.75) is 37.2 Å². The van der Waals surface area contributed by atoms with E-state index in [0.717, 1.165) is 45.9 Å². The lowest BCUT2D eigenvalue weighted by molar-refractivity contribution is -0.118. The second-order valence-corrected chi connectivity index (χ2v) is 8.97. The number of carbonyl (C=O) groups excluding carboxylic acids is 1. The second-order valence-electron chi connectivity index (χ2n) is 7.08. The van der Waals surface area contributed by atoms with Gasteiger partial charge in [0, 0.05) is 11.5 Å². The summed E-state index contributed by atoms with van der Waals surface area (Å²) in [6.07, 6.45) is 4.57. The average Bonchev–Trinajstić information content (AvgIpc) is 3.37. The molecule has 4 nitrogen and oxygen atoms in total. The number of hydrogen-bond donors (Lipinski definition) is 0. The van der Waals surface area contributed by atoms with Crippen molar-refractivity contribution in [1.29, 1.82) is 0 Å². The molecule has 1 atom stereocenters. The summed E-state index contributed by atoms with van der Waals surface area (Å²) in [5.41, 5.74) is 3.14. The number of fused-ring (bicyclic) bond motifs is 1. The number of para-hydroxylation sites is 1. The number of carbonyl (C=O) groups is 1. The number of rotatable bonds is 6. The Hall–Kier alpha value is -1.89. The Morgan fingerprint density at radius 2 is 2.11 bits per heavy atom. The van der Waals surface area contributed by atoms with Crippen LogP contribution in [0.1, 0.15) is 24.0 Å². The summed E-state index contributed by atoms with van der Waals surface area (Å²) >= 11 is 3.29. The average molecular weight is 413 g/mol. The third-order valence-corrected chi connectivity index (χ3v) is 6.85. The molecule has 0 saturated carbocycles. The van der Waals surface area contributed by atoms with Gasteiger partial charge in [0.15, 0.2) is 5.13 Å². The van der Waals surface area contributed by atoms with Crippen molar-refractivity contribution >= 4 is 44.4 Å². The maximum Gasteiger partial charge on any atom is 0.233 e. The minimum Gasteiger partial charge on any atom is -0.376 e. The van der Waals surface area contributed by atoms with E-state index in [2.05, 4.69) is 37.4 Å². The molecule has 4 rings (SSSR count). The van der Waals surface area contributed by atoms with Gasteiger partial charge in [-0.2, -0.15) is 0 Å². The number of anilines is 1. The molecule has 1 aliphatic heterocycles. The van der Waals surface area contributed by atoms with Crippen molar-refractivity contribution in [2.75, 3.05) is 24.3 Å². The van der Waals surface area contributed by atoms with Crippen molar-refractivity contribution < 1.29 is 9.53 Å². The fourth-order valence-electron chi connectivity index (χ4n) is 3.48. The molecule has 1 unspecified atom stereocenters. The zero-order chi connectivity index (χ0) is 19.5. The van der Waals surface area contributed by atoms with Crippen LogP contribution in [0.4, 0.5) is 5.13 Å². The lowest BCUT2D eigenvalue weighted by atomic mass is 10.1. The van der Waals surface area contributed by atoms with E-state index in [1.54, 1.807) is 23.1 Å². The first-order valence-corrected chi connectivity index (χ1v) is 11.6. The molecule has 2 aromatic carbocycles. The lowest BCUT2D eigenvalue weighted by Gasteiger charge is -2.23. The molecule has 0 bridgehead atoms. The van der Waals surface area contributed by atoms with E-state index in [0.29, 0.717) is 13.0 Å². The molecular weight excluding hydrogens is 388 g/mol. The number of thioether (sulfide) groups is 1. The Labute approximate surface area is 173 Å². The van der Waals surface area contributed by atoms with Gasteiger partial charge in [-0.05, 0) is 55.3 Å². The third kappa shape index (κ3) is 4.24. The van der Waals surface area contributed by atoms with Gasteiger partial charge in [-0.15, -0.1) is 11.8 Å². The van der Waals surface area contributed by atoms with Crippen LogP contribution in [-0.2, 0) is 16.0 Å². The van der Waals surface area contributed by atoms with E-state index in [9.17, 15) is 4.79 Å². The van der Waals surface area contributed by atoms with Crippen LogP contribution in [0.15, 0.2) is 47.4 Å². The molecule has 0 spiro atoms. The molecule has 146 valence electrons. The first-order chi connectivity index (χ1) is 13.6. The molecule has 1 aromatic heterocycles. The number of benzene rings is 2. The van der Waals surface area contributed by atoms with E-state index in [1.807, 2.05) is 23.1 Å². The minimum absolute atomic E-state index is 0.0733. The molecule has 1 amide bonds. The standard InChI is InChI=1S/C22H24N2O2S2/c1-15-5-3-7-19-21(15)23-22(28-19)24(14-17-6-4-12-26-17)20(25)13-16-8-10-18(27-2)11-9-16/h3,5,7-11,17H,4,6,12-14H2,1-2H3. The topological polar surface area (TPSA) is 42.4 Å². The first kappa shape index (κ1) is 19.4. The van der Waals surface area contributed by atoms with Gasteiger partial charge in [-0.3, -0.25) is 9.69 Å². The van der Waals surface area contributed by atoms with E-state index in [-0.39, 0.29) is 12.0 Å². The van der Waals surface area contributed by atoms with Gasteiger partial charge in [0.1, 0.15) is 0 Å². The van der Waals surface area contributed by atoms with Gasteiger partial charge in [-0.25, -0.2) is 4.98 Å². The maximum absolute atomic E-state index is 13.2. The number of hydrogen-bond acceptors (Lipinski definition) is 5. The highest BCUT2D eigenvalue weighted by molar-refractivity contribution is 7.98. The fraction of sp³-hybridized carbons (Fsp3) is 0.364. The Balaban J connectivity index is 1.61. The highest BCUT2D eigenvalue weighted by Gasteiger charge is 2.26. The molecule has 28 heavy (non-hydrogen) atoms. The van der Waals surface area contributed by atoms with Gasteiger partial charge in [-0.1, -0.05) is 35.6 Å². The van der Waals surface area contributed by atoms with Crippen molar-refractivity contribution in [2.24, 2.45) is 0 Å². The highest BCUT2D eigenvalue weighted by Crippen LogP contribution is 2.32. The van der Waals surface area contributed by atoms with Crippen LogP contribution in [0.3, 0.4) is 0 Å². The van der Waals surface area contributed by atoms with Gasteiger partial charge in [0.25, 0.3) is 0 Å². The largest absolute Gasteiger partial charge is 0.376 e. The summed E-state index contributed by atoms with van der Waals surface area (Å²) in [4.78, 5) is 21.1. The predicted octanol–water partition coefficient (Wildman–Crippen LogP) is 5.08. The summed E-state index contributed by atoms with van der Waals surface area (Å²) in [7, 11) is 0. The van der Waals surface area contributed by atoms with Crippen molar-refractivity contribution in [3.8, 4) is 0 Å². The summed E-state index contributed by atoms with van der Waals surface area (Å²) in [6, 6.07) is 14.4. The highest BCUT2D eigenvalue weighted by atomic mass is 32.2. The van der Waals surface area contributed by atoms with Gasteiger partial charge < -0.3 is 4.74 Å². The second kappa shape index (κ2) is 8.64. The molecule has 1 fully saturated rings. The van der Waals surface area contributed by atoms with Crippen LogP contribution in [0, 0.1) is 6.92 Å². The number of thiazole rings is 1. The van der Waals surface area contributed by atoms with Crippen LogP contribution < -0.4 is 4.90 Å². The number of aryl methyl sites for hydroxylation is 1. The van der Waals surface area contributed by atoms with E-state index < -0.39 is 0 Å². The molecule has 3 aromatic rings. The molecular formula is C22H24N2O2S2. The molecule has 1 saturated heterocycles. The Kier molecular flexibility index (Phi) is 5.99. The van der Waals surface area contributed by atoms with Crippen LogP contribution in [0.25, 0.3) is 10.2 Å². The molecule has 0 N–H and O–H groups in total. The monoisotopic (exact) mass is 412 g/mol. The molecule has 2 heterocycles. The Bertz CT molecular complexity index is 962.